The van der Waals surface area contributed by atoms with E-state index in [9.17, 15) is 25.9 Å². The molecule has 0 atom stereocenters. The normalized spacial score (nSPS) is 12.8. The van der Waals surface area contributed by atoms with Gasteiger partial charge in [-0.1, -0.05) is 39.8 Å². The minimum atomic E-state index is -4.46. The quantitative estimate of drug-likeness (QED) is 0.192. The molecule has 2 aromatic heterocycles. The molecule has 12 heteroatoms. The Labute approximate surface area is 231 Å². The van der Waals surface area contributed by atoms with Gasteiger partial charge in [0.05, 0.1) is 9.79 Å². The monoisotopic (exact) mass is 584 g/mol. The summed E-state index contributed by atoms with van der Waals surface area (Å²) >= 11 is 0. The van der Waals surface area contributed by atoms with Crippen molar-refractivity contribution in [1.29, 1.82) is 0 Å². The minimum Gasteiger partial charge on any atom is -0.436 e. The molecule has 210 valence electrons. The molecular weight excluding hydrogens is 556 g/mol. The third kappa shape index (κ3) is 5.52. The van der Waals surface area contributed by atoms with Crippen LogP contribution >= 0.6 is 0 Å². The number of aromatic nitrogens is 2. The molecule has 0 unspecified atom stereocenters. The number of fused-ring (bicyclic) bond motifs is 2. The maximum absolute atomic E-state index is 12.1. The molecule has 0 aliphatic heterocycles. The van der Waals surface area contributed by atoms with Crippen molar-refractivity contribution in [3.05, 3.63) is 59.7 Å². The lowest BCUT2D eigenvalue weighted by Crippen LogP contribution is -2.05. The Morgan fingerprint density at radius 2 is 1.23 bits per heavy atom. The third-order valence-corrected chi connectivity index (χ3v) is 8.49. The number of nitrogens with zero attached hydrogens (tertiary/aromatic N) is 2. The van der Waals surface area contributed by atoms with Gasteiger partial charge < -0.3 is 8.83 Å². The van der Waals surface area contributed by atoms with E-state index in [1.165, 1.54) is 12.1 Å². The molecule has 5 aromatic rings. The molecular formula is C28H28N2O8S2. The lowest BCUT2D eigenvalue weighted by atomic mass is 10.0. The third-order valence-electron chi connectivity index (χ3n) is 6.64. The lowest BCUT2D eigenvalue weighted by Gasteiger charge is -2.11. The number of aryl methyl sites for hydroxylation is 1. The van der Waals surface area contributed by atoms with E-state index in [1.54, 1.807) is 36.4 Å². The van der Waals surface area contributed by atoms with Crippen LogP contribution < -0.4 is 0 Å². The van der Waals surface area contributed by atoms with E-state index in [0.29, 0.717) is 56.8 Å². The molecule has 2 heterocycles. The van der Waals surface area contributed by atoms with Gasteiger partial charge in [0.2, 0.25) is 11.8 Å². The smallest absolute Gasteiger partial charge is 0.294 e. The second-order valence-electron chi connectivity index (χ2n) is 10.4. The molecule has 0 aliphatic rings. The van der Waals surface area contributed by atoms with Gasteiger partial charge in [-0.2, -0.15) is 16.8 Å². The van der Waals surface area contributed by atoms with Crippen LogP contribution in [0.15, 0.2) is 67.2 Å². The minimum absolute atomic E-state index is 0.133. The average molecular weight is 585 g/mol. The zero-order chi connectivity index (χ0) is 29.0. The Morgan fingerprint density at radius 3 is 1.70 bits per heavy atom. The summed E-state index contributed by atoms with van der Waals surface area (Å²) in [4.78, 5) is 8.55. The van der Waals surface area contributed by atoms with Gasteiger partial charge in [-0.05, 0) is 60.1 Å². The molecule has 0 radical (unpaired) electrons. The Morgan fingerprint density at radius 1 is 0.725 bits per heavy atom. The number of hydrogen-bond acceptors (Lipinski definition) is 8. The molecule has 0 saturated carbocycles. The molecule has 0 spiro atoms. The second-order valence-corrected chi connectivity index (χ2v) is 13.2. The molecule has 40 heavy (non-hydrogen) atoms. The largest absolute Gasteiger partial charge is 0.436 e. The molecule has 0 saturated heterocycles. The highest BCUT2D eigenvalue weighted by Gasteiger charge is 2.22. The summed E-state index contributed by atoms with van der Waals surface area (Å²) in [6.45, 7) is 7.72. The fourth-order valence-corrected chi connectivity index (χ4v) is 6.20. The van der Waals surface area contributed by atoms with Crippen LogP contribution in [-0.2, 0) is 26.7 Å². The van der Waals surface area contributed by atoms with Crippen LogP contribution in [0.2, 0.25) is 0 Å². The van der Waals surface area contributed by atoms with Gasteiger partial charge in [-0.25, -0.2) is 9.97 Å². The van der Waals surface area contributed by atoms with Gasteiger partial charge in [-0.3, -0.25) is 9.11 Å². The summed E-state index contributed by atoms with van der Waals surface area (Å²) in [6.07, 6.45) is 1.26. The fourth-order valence-electron chi connectivity index (χ4n) is 4.54. The molecule has 0 aliphatic carbocycles. The van der Waals surface area contributed by atoms with Gasteiger partial charge in [0.1, 0.15) is 11.0 Å². The first-order valence-electron chi connectivity index (χ1n) is 12.6. The summed E-state index contributed by atoms with van der Waals surface area (Å²) in [5.74, 6) is 0.539. The second kappa shape index (κ2) is 10.1. The molecule has 2 N–H and O–H groups in total. The van der Waals surface area contributed by atoms with Gasteiger partial charge in [0.15, 0.2) is 11.2 Å². The first-order valence-corrected chi connectivity index (χ1v) is 15.5. The number of rotatable bonds is 8. The van der Waals surface area contributed by atoms with Crippen LogP contribution in [0.4, 0.5) is 0 Å². The summed E-state index contributed by atoms with van der Waals surface area (Å²) < 4.78 is 79.5. The van der Waals surface area contributed by atoms with Crippen LogP contribution in [-0.4, -0.2) is 35.9 Å². The van der Waals surface area contributed by atoms with Crippen LogP contribution in [0.1, 0.15) is 51.2 Å². The molecule has 10 nitrogen and oxygen atoms in total. The van der Waals surface area contributed by atoms with Gasteiger partial charge >= 0.3 is 0 Å². The van der Waals surface area contributed by atoms with Gasteiger partial charge in [0, 0.05) is 23.3 Å². The van der Waals surface area contributed by atoms with Crippen molar-refractivity contribution in [3.63, 3.8) is 0 Å². The summed E-state index contributed by atoms with van der Waals surface area (Å²) in [5.41, 5.74) is 3.33. The highest BCUT2D eigenvalue weighted by molar-refractivity contribution is 7.86. The fraction of sp³-hybridized carbons (Fsp3) is 0.286. The number of benzene rings is 3. The van der Waals surface area contributed by atoms with E-state index in [4.69, 9.17) is 8.83 Å². The zero-order valence-corrected chi connectivity index (χ0v) is 23.9. The topological polar surface area (TPSA) is 161 Å². The predicted molar refractivity (Wildman–Crippen MR) is 149 cm³/mol. The number of hydrogen-bond donors (Lipinski definition) is 2. The first-order chi connectivity index (χ1) is 18.7. The molecule has 0 bridgehead atoms. The SMILES string of the molecule is CC(C)CCc1ccc(-c2nc3cc4oc(-c5ccc(C(C)C)c(S(=O)(=O)O)c5)nc4cc3o2)cc1S(=O)(=O)O. The Hall–Kier alpha value is -3.58. The maximum Gasteiger partial charge on any atom is 0.294 e. The van der Waals surface area contributed by atoms with Crippen LogP contribution in [0, 0.1) is 5.92 Å². The van der Waals surface area contributed by atoms with Crippen molar-refractivity contribution < 1.29 is 34.8 Å². The summed E-state index contributed by atoms with van der Waals surface area (Å²) in [7, 11) is -8.93. The van der Waals surface area contributed by atoms with Crippen molar-refractivity contribution in [3.8, 4) is 22.9 Å². The Kier molecular flexibility index (Phi) is 7.07. The highest BCUT2D eigenvalue weighted by atomic mass is 32.2. The van der Waals surface area contributed by atoms with Gasteiger partial charge in [0.25, 0.3) is 20.2 Å². The van der Waals surface area contributed by atoms with E-state index in [2.05, 4.69) is 9.97 Å². The molecule has 3 aromatic carbocycles. The van der Waals surface area contributed by atoms with Crippen molar-refractivity contribution in [1.82, 2.24) is 9.97 Å². The standard InChI is InChI=1S/C28H28N2O8S2/c1-15(2)5-6-17-7-8-18(11-25(17)39(31,32)33)27-29-21-13-24-22(14-23(21)37-27)30-28(38-24)19-9-10-20(16(3)4)26(12-19)40(34,35)36/h7-16H,5-6H2,1-4H3,(H,31,32,33)(H,34,35,36). The first kappa shape index (κ1) is 28.0. The lowest BCUT2D eigenvalue weighted by molar-refractivity contribution is 0.479. The van der Waals surface area contributed by atoms with Crippen molar-refractivity contribution in [2.75, 3.05) is 0 Å². The average Bonchev–Trinajstić information content (AvgIpc) is 3.47. The summed E-state index contributed by atoms with van der Waals surface area (Å²) in [6, 6.07) is 12.5. The van der Waals surface area contributed by atoms with Gasteiger partial charge in [-0.15, -0.1) is 0 Å². The molecule has 5 rings (SSSR count). The maximum atomic E-state index is 12.1. The van der Waals surface area contributed by atoms with Crippen molar-refractivity contribution in [2.45, 2.75) is 56.2 Å². The zero-order valence-electron chi connectivity index (χ0n) is 22.2. The Balaban J connectivity index is 1.54. The van der Waals surface area contributed by atoms with E-state index in [1.807, 2.05) is 27.7 Å². The molecule has 0 amide bonds. The van der Waals surface area contributed by atoms with Crippen LogP contribution in [0.25, 0.3) is 45.1 Å². The number of oxazole rings is 2. The predicted octanol–water partition coefficient (Wildman–Crippen LogP) is 6.51. The van der Waals surface area contributed by atoms with Crippen molar-refractivity contribution >= 4 is 42.4 Å². The van der Waals surface area contributed by atoms with Crippen molar-refractivity contribution in [2.24, 2.45) is 5.92 Å². The Bertz CT molecular complexity index is 1920. The van der Waals surface area contributed by atoms with E-state index < -0.39 is 20.2 Å². The highest BCUT2D eigenvalue weighted by Crippen LogP contribution is 2.34. The van der Waals surface area contributed by atoms with Crippen LogP contribution in [0.3, 0.4) is 0 Å². The summed E-state index contributed by atoms with van der Waals surface area (Å²) in [5, 5.41) is 0. The van der Waals surface area contributed by atoms with E-state index >= 15 is 0 Å². The van der Waals surface area contributed by atoms with Crippen LogP contribution in [0.5, 0.6) is 0 Å². The van der Waals surface area contributed by atoms with E-state index in [-0.39, 0.29) is 27.5 Å². The van der Waals surface area contributed by atoms with E-state index in [0.717, 1.165) is 6.42 Å². The molecule has 0 fully saturated rings.